The van der Waals surface area contributed by atoms with Crippen LogP contribution in [-0.4, -0.2) is 52.0 Å². The number of ether oxygens (including phenoxy) is 2. The molecule has 2 aromatic rings. The maximum Gasteiger partial charge on any atom is 0.367 e. The normalized spacial score (nSPS) is 11.2. The molecule has 0 bridgehead atoms. The standard InChI is InChI=1S/C21H13Cl6FN4O6/c1-3-37-16(35)13(8-33)32(14(9-34)17(36)38-4-2)12-6-5-10(7-11(12)28)15-29-18(20(22,23)24)31-19(30-15)21(25,26)27/h5-7H,3-4H2,1-2H3. The Kier molecular flexibility index (Phi) is 10.9. The van der Waals surface area contributed by atoms with Gasteiger partial charge in [0.1, 0.15) is 5.82 Å². The average molecular weight is 649 g/mol. The highest BCUT2D eigenvalue weighted by Crippen LogP contribution is 2.41. The second-order valence-corrected chi connectivity index (χ2v) is 11.2. The van der Waals surface area contributed by atoms with Crippen LogP contribution in [0.25, 0.3) is 11.4 Å². The number of halogens is 7. The van der Waals surface area contributed by atoms with Crippen LogP contribution in [0.1, 0.15) is 25.5 Å². The molecule has 2 rings (SSSR count). The second-order valence-electron chi connectivity index (χ2n) is 6.65. The number of hydrogen-bond donors (Lipinski definition) is 0. The lowest BCUT2D eigenvalue weighted by molar-refractivity contribution is -0.138. The van der Waals surface area contributed by atoms with Crippen LogP contribution in [0.5, 0.6) is 0 Å². The maximum absolute atomic E-state index is 15.5. The van der Waals surface area contributed by atoms with Crippen molar-refractivity contribution in [1.82, 2.24) is 15.0 Å². The molecular formula is C21H13Cl6FN4O6. The highest BCUT2D eigenvalue weighted by atomic mass is 35.6. The highest BCUT2D eigenvalue weighted by Gasteiger charge is 2.35. The molecule has 0 spiro atoms. The van der Waals surface area contributed by atoms with Crippen LogP contribution < -0.4 is 4.90 Å². The van der Waals surface area contributed by atoms with E-state index in [1.165, 1.54) is 25.7 Å². The molecule has 10 nitrogen and oxygen atoms in total. The van der Waals surface area contributed by atoms with Gasteiger partial charge in [0.25, 0.3) is 0 Å². The predicted octanol–water partition coefficient (Wildman–Crippen LogP) is 4.69. The number of rotatable bonds is 8. The van der Waals surface area contributed by atoms with E-state index < -0.39 is 54.1 Å². The molecule has 0 N–H and O–H groups in total. The summed E-state index contributed by atoms with van der Waals surface area (Å²) in [7, 11) is 0. The number of esters is 2. The molecule has 0 amide bonds. The van der Waals surface area contributed by atoms with Crippen molar-refractivity contribution in [3.05, 3.63) is 47.1 Å². The fourth-order valence-electron chi connectivity index (χ4n) is 2.69. The largest absolute Gasteiger partial charge is 0.461 e. The smallest absolute Gasteiger partial charge is 0.367 e. The molecule has 0 saturated carbocycles. The minimum absolute atomic E-state index is 0.0971. The van der Waals surface area contributed by atoms with Crippen LogP contribution in [0, 0.1) is 5.82 Å². The van der Waals surface area contributed by atoms with Crippen LogP contribution in [0.3, 0.4) is 0 Å². The number of hydrogen-bond acceptors (Lipinski definition) is 10. The summed E-state index contributed by atoms with van der Waals surface area (Å²) < 4.78 is 20.6. The van der Waals surface area contributed by atoms with Crippen LogP contribution >= 0.6 is 69.6 Å². The van der Waals surface area contributed by atoms with Crippen molar-refractivity contribution < 1.29 is 33.0 Å². The van der Waals surface area contributed by atoms with E-state index in [0.29, 0.717) is 4.90 Å². The number of alkyl halides is 6. The number of carbonyl (C=O) groups excluding carboxylic acids is 4. The number of carbonyl (C=O) groups is 2. The van der Waals surface area contributed by atoms with Crippen LogP contribution in [-0.2, 0) is 36.2 Å². The molecule has 1 aromatic carbocycles. The molecule has 0 atom stereocenters. The molecule has 0 saturated heterocycles. The van der Waals surface area contributed by atoms with Gasteiger partial charge in [-0.2, -0.15) is 0 Å². The summed E-state index contributed by atoms with van der Waals surface area (Å²) in [4.78, 5) is 60.1. The zero-order valence-corrected chi connectivity index (χ0v) is 23.6. The van der Waals surface area contributed by atoms with E-state index in [1.807, 2.05) is 0 Å². The average Bonchev–Trinajstić information content (AvgIpc) is 2.83. The molecule has 1 aromatic heterocycles. The molecule has 0 radical (unpaired) electrons. The summed E-state index contributed by atoms with van der Waals surface area (Å²) in [5.41, 5.74) is -2.83. The first kappa shape index (κ1) is 31.8. The number of anilines is 1. The van der Waals surface area contributed by atoms with Crippen LogP contribution in [0.2, 0.25) is 0 Å². The molecule has 0 aliphatic rings. The van der Waals surface area contributed by atoms with E-state index in [0.717, 1.165) is 18.2 Å². The Morgan fingerprint density at radius 1 is 0.868 bits per heavy atom. The van der Waals surface area contributed by atoms with Crippen molar-refractivity contribution in [2.45, 2.75) is 21.4 Å². The quantitative estimate of drug-likeness (QED) is 0.172. The summed E-state index contributed by atoms with van der Waals surface area (Å²) in [5, 5.41) is 0. The Bertz CT molecular complexity index is 1280. The van der Waals surface area contributed by atoms with Gasteiger partial charge in [0.15, 0.2) is 29.4 Å². The van der Waals surface area contributed by atoms with Crippen molar-refractivity contribution in [2.24, 2.45) is 0 Å². The molecule has 38 heavy (non-hydrogen) atoms. The Morgan fingerprint density at radius 3 is 1.66 bits per heavy atom. The SMILES string of the molecule is CCOC(=O)C(=C=O)N(C(=C=O)C(=O)OCC)c1ccc(-c2nc(C(Cl)(Cl)Cl)nc(C(Cl)(Cl)Cl)n2)cc1F. The topological polar surface area (TPSA) is 129 Å². The highest BCUT2D eigenvalue weighted by molar-refractivity contribution is 6.67. The predicted molar refractivity (Wildman–Crippen MR) is 138 cm³/mol. The van der Waals surface area contributed by atoms with Gasteiger partial charge >= 0.3 is 11.9 Å². The van der Waals surface area contributed by atoms with Crippen LogP contribution in [0.4, 0.5) is 10.1 Å². The van der Waals surface area contributed by atoms with Crippen molar-refractivity contribution in [2.75, 3.05) is 18.1 Å². The summed E-state index contributed by atoms with van der Waals surface area (Å²) in [5.74, 6) is -2.59. The van der Waals surface area contributed by atoms with Crippen molar-refractivity contribution in [3.8, 4) is 11.4 Å². The lowest BCUT2D eigenvalue weighted by Crippen LogP contribution is -2.34. The summed E-state index contributed by atoms with van der Waals surface area (Å²) in [6, 6.07) is 2.92. The Balaban J connectivity index is 2.78. The van der Waals surface area contributed by atoms with E-state index in [1.54, 1.807) is 0 Å². The molecule has 17 heteroatoms. The van der Waals surface area contributed by atoms with Crippen molar-refractivity contribution in [3.63, 3.8) is 0 Å². The summed E-state index contributed by atoms with van der Waals surface area (Å²) in [6.07, 6.45) is 0. The third-order valence-electron chi connectivity index (χ3n) is 4.17. The Morgan fingerprint density at radius 2 is 1.32 bits per heavy atom. The fraction of sp³-hybridized carbons (Fsp3) is 0.286. The van der Waals surface area contributed by atoms with Gasteiger partial charge in [0.2, 0.25) is 19.0 Å². The van der Waals surface area contributed by atoms with Gasteiger partial charge in [-0.05, 0) is 32.0 Å². The third-order valence-corrected chi connectivity index (χ3v) is 5.18. The zero-order chi connectivity index (χ0) is 28.8. The van der Waals surface area contributed by atoms with Crippen molar-refractivity contribution >= 4 is 99.1 Å². The van der Waals surface area contributed by atoms with Gasteiger partial charge in [-0.3, -0.25) is 4.90 Å². The molecule has 0 fully saturated rings. The lowest BCUT2D eigenvalue weighted by atomic mass is 10.1. The van der Waals surface area contributed by atoms with Gasteiger partial charge < -0.3 is 9.47 Å². The van der Waals surface area contributed by atoms with Gasteiger partial charge in [-0.1, -0.05) is 69.6 Å². The minimum Gasteiger partial charge on any atom is -0.461 e. The molecule has 202 valence electrons. The van der Waals surface area contributed by atoms with Crippen molar-refractivity contribution in [1.29, 1.82) is 0 Å². The Hall–Kier alpha value is -2.46. The lowest BCUT2D eigenvalue weighted by Gasteiger charge is -2.24. The molecule has 1 heterocycles. The molecular weight excluding hydrogens is 636 g/mol. The minimum atomic E-state index is -2.19. The number of benzene rings is 1. The van der Waals surface area contributed by atoms with Crippen LogP contribution in [0.15, 0.2) is 29.6 Å². The second kappa shape index (κ2) is 13.1. The Labute approximate surface area is 244 Å². The van der Waals surface area contributed by atoms with E-state index >= 15 is 4.39 Å². The van der Waals surface area contributed by atoms with E-state index in [2.05, 4.69) is 15.0 Å². The molecule has 0 aliphatic heterocycles. The zero-order valence-electron chi connectivity index (χ0n) is 19.0. The van der Waals surface area contributed by atoms with Gasteiger partial charge in [-0.15, -0.1) is 0 Å². The number of nitrogens with zero attached hydrogens (tertiary/aromatic N) is 4. The monoisotopic (exact) mass is 646 g/mol. The third kappa shape index (κ3) is 7.56. The first-order valence-corrected chi connectivity index (χ1v) is 12.3. The van der Waals surface area contributed by atoms with Gasteiger partial charge in [-0.25, -0.2) is 38.5 Å². The first-order chi connectivity index (χ1) is 17.7. The van der Waals surface area contributed by atoms with Gasteiger partial charge in [0.05, 0.1) is 18.9 Å². The number of aromatic nitrogens is 3. The molecule has 0 unspecified atom stereocenters. The molecule has 0 aliphatic carbocycles. The van der Waals surface area contributed by atoms with E-state index in [9.17, 15) is 19.2 Å². The first-order valence-electron chi connectivity index (χ1n) is 10.0. The fourth-order valence-corrected chi connectivity index (χ4v) is 3.20. The van der Waals surface area contributed by atoms with E-state index in [-0.39, 0.29) is 24.6 Å². The van der Waals surface area contributed by atoms with Gasteiger partial charge in [0, 0.05) is 5.56 Å². The van der Waals surface area contributed by atoms with E-state index in [4.69, 9.17) is 79.1 Å². The summed E-state index contributed by atoms with van der Waals surface area (Å²) in [6.45, 7) is 2.45. The summed E-state index contributed by atoms with van der Waals surface area (Å²) >= 11 is 35.1. The maximum atomic E-state index is 15.5.